The Labute approximate surface area is 447 Å². The Morgan fingerprint density at radius 1 is 0.590 bits per heavy atom. The maximum Gasteiger partial charge on any atom is 0.337 e. The predicted molar refractivity (Wildman–Crippen MR) is 255 cm³/mol. The highest BCUT2D eigenvalue weighted by molar-refractivity contribution is 5.91. The van der Waals surface area contributed by atoms with Crippen molar-refractivity contribution >= 4 is 29.8 Å². The molecule has 3 fully saturated rings. The Morgan fingerprint density at radius 2 is 1.01 bits per heavy atom. The van der Waals surface area contributed by atoms with Crippen molar-refractivity contribution in [3.05, 3.63) is 58.6 Å². The molecule has 5 rings (SSSR count). The molecule has 28 heteroatoms. The maximum absolute atomic E-state index is 13.4. The molecule has 0 aliphatic carbocycles. The summed E-state index contributed by atoms with van der Waals surface area (Å²) in [6, 6.07) is 0. The number of carbonyl (C=O) groups excluding carboxylic acids is 5. The highest BCUT2D eigenvalue weighted by Crippen LogP contribution is 2.38. The molecule has 11 N–H and O–H groups in total. The van der Waals surface area contributed by atoms with Crippen LogP contribution in [0.5, 0.6) is 0 Å². The van der Waals surface area contributed by atoms with E-state index in [1.165, 1.54) is 26.0 Å². The predicted octanol–water partition coefficient (Wildman–Crippen LogP) is -3.46. The molecule has 3 saturated heterocycles. The monoisotopic (exact) mass is 1120 g/mol. The summed E-state index contributed by atoms with van der Waals surface area (Å²) in [4.78, 5) is 65.2. The van der Waals surface area contributed by atoms with Crippen LogP contribution in [-0.4, -0.2) is 231 Å². The smallest absolute Gasteiger partial charge is 0.337 e. The van der Waals surface area contributed by atoms with Crippen LogP contribution in [-0.2, 0) is 80.8 Å². The summed E-state index contributed by atoms with van der Waals surface area (Å²) >= 11 is 0. The van der Waals surface area contributed by atoms with Crippen molar-refractivity contribution < 1.29 is 137 Å². The van der Waals surface area contributed by atoms with Gasteiger partial charge in [0.25, 0.3) is 0 Å². The molecular weight excluding hydrogens is 1050 g/mol. The van der Waals surface area contributed by atoms with E-state index in [0.717, 1.165) is 26.7 Å². The van der Waals surface area contributed by atoms with Gasteiger partial charge in [0.1, 0.15) is 79.9 Å². The summed E-state index contributed by atoms with van der Waals surface area (Å²) < 4.78 is 65.1. The Bertz CT molecular complexity index is 2210. The van der Waals surface area contributed by atoms with Gasteiger partial charge in [0.05, 0.1) is 70.6 Å². The third-order valence-electron chi connectivity index (χ3n) is 13.8. The van der Waals surface area contributed by atoms with Crippen LogP contribution in [0.3, 0.4) is 0 Å². The zero-order valence-electron chi connectivity index (χ0n) is 43.7. The van der Waals surface area contributed by atoms with E-state index in [2.05, 4.69) is 0 Å². The standard InChI is InChI=1S/C50H72O28/c1-7-23-25(27(44(65)67-5)18-71-46(23)77-49-41(62)37(58)34(55)29(16-51)73-49)14-32(53)69-13-12-21(3)10-9-11-22(4)43(64)76-48-40(61)39(60)36(57)31(75-48)20-70-33(54)15-26-24(8-2)47(72-19-28(26)45(66)68-6)78-50-42(63)38(59)35(56)30(17-52)74-50/h7-8,11,18-19,21,25-26,29-31,34-42,46-52,55-63H,9-10,12-17,20H2,1-6H3. The fourth-order valence-corrected chi connectivity index (χ4v) is 9.01. The molecule has 5 aliphatic heterocycles. The van der Waals surface area contributed by atoms with Crippen LogP contribution in [0.15, 0.2) is 58.6 Å². The third-order valence-corrected chi connectivity index (χ3v) is 13.8. The van der Waals surface area contributed by atoms with E-state index < -0.39 is 173 Å². The number of allylic oxidation sites excluding steroid dienone is 3. The highest BCUT2D eigenvalue weighted by Gasteiger charge is 2.50. The van der Waals surface area contributed by atoms with Crippen molar-refractivity contribution in [2.75, 3.05) is 40.6 Å². The second kappa shape index (κ2) is 29.5. The van der Waals surface area contributed by atoms with E-state index in [0.29, 0.717) is 19.3 Å². The van der Waals surface area contributed by atoms with Crippen molar-refractivity contribution in [3.8, 4) is 0 Å². The average Bonchev–Trinajstić information content (AvgIpc) is 3.43. The van der Waals surface area contributed by atoms with Gasteiger partial charge in [-0.15, -0.1) is 0 Å². The Hall–Kier alpha value is -4.99. The van der Waals surface area contributed by atoms with Gasteiger partial charge in [0.15, 0.2) is 12.6 Å². The van der Waals surface area contributed by atoms with Crippen molar-refractivity contribution in [1.29, 1.82) is 0 Å². The Morgan fingerprint density at radius 3 is 1.45 bits per heavy atom. The number of hydrogen-bond donors (Lipinski definition) is 11. The first-order valence-corrected chi connectivity index (χ1v) is 25.1. The van der Waals surface area contributed by atoms with Crippen LogP contribution in [0.2, 0.25) is 0 Å². The molecule has 0 saturated carbocycles. The molecule has 5 aliphatic rings. The lowest BCUT2D eigenvalue weighted by Gasteiger charge is -2.42. The number of esters is 5. The third kappa shape index (κ3) is 15.5. The second-order valence-electron chi connectivity index (χ2n) is 19.0. The minimum absolute atomic E-state index is 0.0370. The Balaban J connectivity index is 1.10. The summed E-state index contributed by atoms with van der Waals surface area (Å²) in [6.07, 6.45) is -21.5. The summed E-state index contributed by atoms with van der Waals surface area (Å²) in [7, 11) is 2.21. The molecule has 0 amide bonds. The van der Waals surface area contributed by atoms with Gasteiger partial charge in [0.2, 0.25) is 18.9 Å². The quantitative estimate of drug-likeness (QED) is 0.0217. The van der Waals surface area contributed by atoms with Crippen LogP contribution in [0.1, 0.15) is 59.8 Å². The molecule has 5 heterocycles. The van der Waals surface area contributed by atoms with E-state index in [4.69, 9.17) is 56.8 Å². The van der Waals surface area contributed by atoms with Gasteiger partial charge in [-0.3, -0.25) is 9.59 Å². The molecule has 28 nitrogen and oxygen atoms in total. The zero-order chi connectivity index (χ0) is 57.7. The summed E-state index contributed by atoms with van der Waals surface area (Å²) in [5.41, 5.74) is 0.225. The van der Waals surface area contributed by atoms with Crippen LogP contribution < -0.4 is 0 Å². The number of hydrogen-bond acceptors (Lipinski definition) is 28. The summed E-state index contributed by atoms with van der Waals surface area (Å²) in [5, 5.41) is 113. The largest absolute Gasteiger partial charge is 0.468 e. The van der Waals surface area contributed by atoms with E-state index >= 15 is 0 Å². The minimum Gasteiger partial charge on any atom is -0.468 e. The SMILES string of the molecule is CC=C1C(OC2OC(CO)C(O)C(O)C2O)OC=C(C(=O)OC)C1CC(=O)OCCC(C)CCC=C(C)C(=O)OC1OC(COC(=O)CC2C(C(=O)OC)=COC(OC3OC(CO)C(O)C(O)C3O)C2=CC)C(O)C(O)C1O. The number of rotatable bonds is 22. The van der Waals surface area contributed by atoms with Crippen molar-refractivity contribution in [2.45, 2.75) is 164 Å². The topological polar surface area (TPSA) is 419 Å². The lowest BCUT2D eigenvalue weighted by atomic mass is 9.86. The molecule has 20 unspecified atom stereocenters. The van der Waals surface area contributed by atoms with Gasteiger partial charge in [-0.05, 0) is 46.0 Å². The fraction of sp³-hybridized carbons (Fsp3) is 0.700. The molecule has 0 aromatic heterocycles. The summed E-state index contributed by atoms with van der Waals surface area (Å²) in [5.74, 6) is -6.60. The van der Waals surface area contributed by atoms with Gasteiger partial charge >= 0.3 is 29.8 Å². The van der Waals surface area contributed by atoms with Crippen LogP contribution >= 0.6 is 0 Å². The number of ether oxygens (including phenoxy) is 12. The average molecular weight is 1120 g/mol. The first-order chi connectivity index (χ1) is 37.0. The number of carbonyl (C=O) groups is 5. The first kappa shape index (κ1) is 63.8. The summed E-state index contributed by atoms with van der Waals surface area (Å²) in [6.45, 7) is 4.14. The van der Waals surface area contributed by atoms with Gasteiger partial charge in [-0.2, -0.15) is 0 Å². The van der Waals surface area contributed by atoms with Crippen LogP contribution in [0.4, 0.5) is 0 Å². The van der Waals surface area contributed by atoms with Crippen molar-refractivity contribution in [3.63, 3.8) is 0 Å². The lowest BCUT2D eigenvalue weighted by Crippen LogP contribution is -2.60. The maximum atomic E-state index is 13.4. The van der Waals surface area contributed by atoms with Gasteiger partial charge < -0.3 is 113 Å². The van der Waals surface area contributed by atoms with Crippen LogP contribution in [0, 0.1) is 17.8 Å². The molecule has 0 bridgehead atoms. The van der Waals surface area contributed by atoms with E-state index in [1.54, 1.807) is 13.0 Å². The van der Waals surface area contributed by atoms with Crippen molar-refractivity contribution in [2.24, 2.45) is 17.8 Å². The molecule has 0 spiro atoms. The van der Waals surface area contributed by atoms with Crippen molar-refractivity contribution in [1.82, 2.24) is 0 Å². The second-order valence-corrected chi connectivity index (χ2v) is 19.0. The molecule has 0 aromatic carbocycles. The molecule has 78 heavy (non-hydrogen) atoms. The minimum atomic E-state index is -1.94. The molecular formula is C50H72O28. The molecule has 0 radical (unpaired) electrons. The number of aliphatic hydroxyl groups is 11. The normalized spacial score (nSPS) is 36.7. The Kier molecular flexibility index (Phi) is 24.1. The van der Waals surface area contributed by atoms with E-state index in [-0.39, 0.29) is 46.8 Å². The first-order valence-electron chi connectivity index (χ1n) is 25.1. The number of methoxy groups -OCH3 is 2. The lowest BCUT2D eigenvalue weighted by molar-refractivity contribution is -0.327. The number of aliphatic hydroxyl groups excluding tert-OH is 11. The van der Waals surface area contributed by atoms with Gasteiger partial charge in [-0.25, -0.2) is 14.4 Å². The molecule has 0 aromatic rings. The molecule has 440 valence electrons. The van der Waals surface area contributed by atoms with Gasteiger partial charge in [0, 0.05) is 28.6 Å². The molecule has 20 atom stereocenters. The highest BCUT2D eigenvalue weighted by atomic mass is 16.8. The zero-order valence-corrected chi connectivity index (χ0v) is 43.7. The van der Waals surface area contributed by atoms with E-state index in [9.17, 15) is 80.1 Å². The van der Waals surface area contributed by atoms with Crippen LogP contribution in [0.25, 0.3) is 0 Å². The van der Waals surface area contributed by atoms with Gasteiger partial charge in [-0.1, -0.05) is 25.2 Å². The van der Waals surface area contributed by atoms with E-state index in [1.807, 2.05) is 6.92 Å². The fourth-order valence-electron chi connectivity index (χ4n) is 9.01.